The van der Waals surface area contributed by atoms with Crippen molar-refractivity contribution in [2.75, 3.05) is 20.6 Å². The van der Waals surface area contributed by atoms with E-state index in [9.17, 15) is 9.50 Å². The third kappa shape index (κ3) is 4.17. The maximum absolute atomic E-state index is 13.2. The van der Waals surface area contributed by atoms with Crippen molar-refractivity contribution in [2.45, 2.75) is 24.9 Å². The highest BCUT2D eigenvalue weighted by Gasteiger charge is 2.44. The fourth-order valence-corrected chi connectivity index (χ4v) is 3.85. The number of hydrogen-bond acceptors (Lipinski definition) is 2. The van der Waals surface area contributed by atoms with E-state index in [1.807, 2.05) is 32.3 Å². The minimum atomic E-state index is -0.891. The lowest BCUT2D eigenvalue weighted by atomic mass is 9.81. The smallest absolute Gasteiger partial charge is 0.123 e. The van der Waals surface area contributed by atoms with E-state index in [1.165, 1.54) is 12.1 Å². The highest BCUT2D eigenvalue weighted by atomic mass is 19.1. The van der Waals surface area contributed by atoms with Gasteiger partial charge in [0, 0.05) is 18.9 Å². The van der Waals surface area contributed by atoms with Crippen LogP contribution in [0, 0.1) is 11.7 Å². The SMILES string of the molecule is CN(C)CC1CC/C(=C/c2ccccc2)C1(O)Cc1ccc(F)cc1. The van der Waals surface area contributed by atoms with E-state index < -0.39 is 5.60 Å². The van der Waals surface area contributed by atoms with E-state index in [1.54, 1.807) is 12.1 Å². The second kappa shape index (κ2) is 7.51. The van der Waals surface area contributed by atoms with Gasteiger partial charge in [-0.15, -0.1) is 0 Å². The molecular formula is C22H26FNO. The van der Waals surface area contributed by atoms with Gasteiger partial charge in [0.05, 0.1) is 5.60 Å². The number of aliphatic hydroxyl groups is 1. The zero-order chi connectivity index (χ0) is 17.9. The standard InChI is InChI=1S/C22H26FNO/c1-24(2)16-20-11-10-19(14-17-6-4-3-5-7-17)22(20,25)15-18-8-12-21(23)13-9-18/h3-9,12-14,20,25H,10-11,15-16H2,1-2H3/b19-14-. The molecule has 2 unspecified atom stereocenters. The molecule has 0 aliphatic heterocycles. The van der Waals surface area contributed by atoms with Crippen molar-refractivity contribution < 1.29 is 9.50 Å². The van der Waals surface area contributed by atoms with Crippen LogP contribution in [0.3, 0.4) is 0 Å². The molecule has 0 heterocycles. The number of rotatable bonds is 5. The molecule has 2 atom stereocenters. The summed E-state index contributed by atoms with van der Waals surface area (Å²) in [4.78, 5) is 2.13. The monoisotopic (exact) mass is 339 g/mol. The quantitative estimate of drug-likeness (QED) is 0.884. The lowest BCUT2D eigenvalue weighted by molar-refractivity contribution is 0.0257. The second-order valence-electron chi connectivity index (χ2n) is 7.31. The highest BCUT2D eigenvalue weighted by Crippen LogP contribution is 2.43. The zero-order valence-corrected chi connectivity index (χ0v) is 15.0. The Morgan fingerprint density at radius 1 is 1.12 bits per heavy atom. The normalized spacial score (nSPS) is 25.0. The van der Waals surface area contributed by atoms with Crippen molar-refractivity contribution in [2.24, 2.45) is 5.92 Å². The summed E-state index contributed by atoms with van der Waals surface area (Å²) in [5.74, 6) is -0.0745. The molecule has 2 aromatic rings. The van der Waals surface area contributed by atoms with E-state index in [0.717, 1.165) is 36.1 Å². The molecule has 0 saturated heterocycles. The molecule has 0 spiro atoms. The lowest BCUT2D eigenvalue weighted by Gasteiger charge is -2.33. The van der Waals surface area contributed by atoms with Gasteiger partial charge < -0.3 is 10.0 Å². The zero-order valence-electron chi connectivity index (χ0n) is 15.0. The van der Waals surface area contributed by atoms with E-state index in [0.29, 0.717) is 6.42 Å². The summed E-state index contributed by atoms with van der Waals surface area (Å²) in [6.45, 7) is 0.837. The van der Waals surface area contributed by atoms with Crippen LogP contribution in [-0.4, -0.2) is 36.2 Å². The van der Waals surface area contributed by atoms with Crippen molar-refractivity contribution in [3.05, 3.63) is 77.1 Å². The number of benzene rings is 2. The predicted molar refractivity (Wildman–Crippen MR) is 101 cm³/mol. The Labute approximate surface area is 149 Å². The first kappa shape index (κ1) is 17.8. The molecule has 0 bridgehead atoms. The molecule has 1 aliphatic carbocycles. The van der Waals surface area contributed by atoms with Gasteiger partial charge in [-0.25, -0.2) is 4.39 Å². The third-order valence-corrected chi connectivity index (χ3v) is 5.11. The Morgan fingerprint density at radius 3 is 2.44 bits per heavy atom. The van der Waals surface area contributed by atoms with Crippen molar-refractivity contribution >= 4 is 6.08 Å². The first-order chi connectivity index (χ1) is 12.0. The molecule has 0 amide bonds. The molecular weight excluding hydrogens is 313 g/mol. The van der Waals surface area contributed by atoms with Gasteiger partial charge in [0.2, 0.25) is 0 Å². The molecule has 2 aromatic carbocycles. The van der Waals surface area contributed by atoms with Gasteiger partial charge in [-0.05, 0) is 55.8 Å². The largest absolute Gasteiger partial charge is 0.385 e. The van der Waals surface area contributed by atoms with Gasteiger partial charge in [-0.3, -0.25) is 0 Å². The van der Waals surface area contributed by atoms with Gasteiger partial charge in [-0.2, -0.15) is 0 Å². The minimum Gasteiger partial charge on any atom is -0.385 e. The van der Waals surface area contributed by atoms with Crippen LogP contribution in [0.1, 0.15) is 24.0 Å². The van der Waals surface area contributed by atoms with Crippen LogP contribution in [0.25, 0.3) is 6.08 Å². The summed E-state index contributed by atoms with van der Waals surface area (Å²) in [5.41, 5.74) is 2.27. The molecule has 2 nitrogen and oxygen atoms in total. The summed E-state index contributed by atoms with van der Waals surface area (Å²) in [7, 11) is 4.08. The molecule has 1 aliphatic rings. The maximum Gasteiger partial charge on any atom is 0.123 e. The summed E-state index contributed by atoms with van der Waals surface area (Å²) in [6, 6.07) is 16.6. The Bertz CT molecular complexity index is 723. The van der Waals surface area contributed by atoms with E-state index >= 15 is 0 Å². The second-order valence-corrected chi connectivity index (χ2v) is 7.31. The number of halogens is 1. The minimum absolute atomic E-state index is 0.169. The fourth-order valence-electron chi connectivity index (χ4n) is 3.85. The summed E-state index contributed by atoms with van der Waals surface area (Å²) >= 11 is 0. The molecule has 132 valence electrons. The van der Waals surface area contributed by atoms with Gasteiger partial charge in [0.1, 0.15) is 5.82 Å². The first-order valence-electron chi connectivity index (χ1n) is 8.85. The summed E-state index contributed by atoms with van der Waals surface area (Å²) in [5, 5.41) is 11.7. The van der Waals surface area contributed by atoms with Crippen molar-refractivity contribution in [1.82, 2.24) is 4.90 Å². The predicted octanol–water partition coefficient (Wildman–Crippen LogP) is 4.15. The van der Waals surface area contributed by atoms with Gasteiger partial charge in [-0.1, -0.05) is 48.5 Å². The molecule has 0 radical (unpaired) electrons. The van der Waals surface area contributed by atoms with E-state index in [4.69, 9.17) is 0 Å². The Morgan fingerprint density at radius 2 is 1.80 bits per heavy atom. The van der Waals surface area contributed by atoms with E-state index in [2.05, 4.69) is 23.1 Å². The topological polar surface area (TPSA) is 23.5 Å². The van der Waals surface area contributed by atoms with E-state index in [-0.39, 0.29) is 11.7 Å². The summed E-state index contributed by atoms with van der Waals surface area (Å²) in [6.07, 6.45) is 4.50. The number of nitrogens with zero attached hydrogens (tertiary/aromatic N) is 1. The van der Waals surface area contributed by atoms with Gasteiger partial charge in [0.15, 0.2) is 0 Å². The average molecular weight is 339 g/mol. The Hall–Kier alpha value is -1.97. The molecule has 0 aromatic heterocycles. The van der Waals surface area contributed by atoms with Crippen molar-refractivity contribution in [1.29, 1.82) is 0 Å². The molecule has 1 N–H and O–H groups in total. The Balaban J connectivity index is 1.93. The van der Waals surface area contributed by atoms with Crippen molar-refractivity contribution in [3.8, 4) is 0 Å². The fraction of sp³-hybridized carbons (Fsp3) is 0.364. The third-order valence-electron chi connectivity index (χ3n) is 5.11. The molecule has 3 rings (SSSR count). The average Bonchev–Trinajstić information content (AvgIpc) is 2.87. The van der Waals surface area contributed by atoms with Gasteiger partial charge in [0.25, 0.3) is 0 Å². The highest BCUT2D eigenvalue weighted by molar-refractivity contribution is 5.56. The molecule has 25 heavy (non-hydrogen) atoms. The number of hydrogen-bond donors (Lipinski definition) is 1. The van der Waals surface area contributed by atoms with Crippen LogP contribution in [0.5, 0.6) is 0 Å². The van der Waals surface area contributed by atoms with Crippen LogP contribution < -0.4 is 0 Å². The van der Waals surface area contributed by atoms with Crippen LogP contribution >= 0.6 is 0 Å². The van der Waals surface area contributed by atoms with Gasteiger partial charge >= 0.3 is 0 Å². The van der Waals surface area contributed by atoms with Crippen LogP contribution in [0.4, 0.5) is 4.39 Å². The Kier molecular flexibility index (Phi) is 5.36. The maximum atomic E-state index is 13.2. The van der Waals surface area contributed by atoms with Crippen LogP contribution in [-0.2, 0) is 6.42 Å². The lowest BCUT2D eigenvalue weighted by Crippen LogP contribution is -2.42. The van der Waals surface area contributed by atoms with Crippen LogP contribution in [0.15, 0.2) is 60.2 Å². The molecule has 1 fully saturated rings. The van der Waals surface area contributed by atoms with Crippen LogP contribution in [0.2, 0.25) is 0 Å². The first-order valence-corrected chi connectivity index (χ1v) is 8.85. The molecule has 3 heteroatoms. The molecule has 1 saturated carbocycles. The summed E-state index contributed by atoms with van der Waals surface area (Å²) < 4.78 is 13.2. The van der Waals surface area contributed by atoms with Crippen molar-refractivity contribution in [3.63, 3.8) is 0 Å².